The molecule has 3 rings (SSSR count). The molecule has 3 heterocycles. The number of halogens is 1. The molecule has 3 aliphatic rings. The van der Waals surface area contributed by atoms with Gasteiger partial charge >= 0.3 is 0 Å². The summed E-state index contributed by atoms with van der Waals surface area (Å²) >= 11 is 0. The first-order chi connectivity index (χ1) is 12.0. The molecule has 7 nitrogen and oxygen atoms in total. The third kappa shape index (κ3) is 5.01. The lowest BCUT2D eigenvalue weighted by Crippen LogP contribution is -2.52. The van der Waals surface area contributed by atoms with Crippen molar-refractivity contribution in [2.75, 3.05) is 46.3 Å². The molecule has 8 heteroatoms. The minimum absolute atomic E-state index is 0. The van der Waals surface area contributed by atoms with Gasteiger partial charge in [-0.2, -0.15) is 0 Å². The summed E-state index contributed by atoms with van der Waals surface area (Å²) in [5.74, 6) is 1.90. The molecule has 0 aromatic heterocycles. The first-order valence-corrected chi connectivity index (χ1v) is 9.49. The van der Waals surface area contributed by atoms with E-state index < -0.39 is 0 Å². The quantitative estimate of drug-likeness (QED) is 0.354. The molecule has 0 bridgehead atoms. The fourth-order valence-electron chi connectivity index (χ4n) is 4.45. The van der Waals surface area contributed by atoms with Gasteiger partial charge in [0.15, 0.2) is 5.96 Å². The Balaban J connectivity index is 0.00000243. The number of nitrogens with zero attached hydrogens (tertiary/aromatic N) is 3. The molecule has 1 unspecified atom stereocenters. The number of hydrogen-bond acceptors (Lipinski definition) is 3. The van der Waals surface area contributed by atoms with E-state index in [0.717, 1.165) is 70.9 Å². The number of carbonyl (C=O) groups is 2. The van der Waals surface area contributed by atoms with Crippen LogP contribution in [0.3, 0.4) is 0 Å². The summed E-state index contributed by atoms with van der Waals surface area (Å²) in [4.78, 5) is 31.8. The predicted octanol–water partition coefficient (Wildman–Crippen LogP) is 1.04. The minimum atomic E-state index is 0. The third-order valence-corrected chi connectivity index (χ3v) is 5.98. The maximum Gasteiger partial charge on any atom is 0.220 e. The first kappa shape index (κ1) is 21.2. The molecule has 148 valence electrons. The topological polar surface area (TPSA) is 77.0 Å². The van der Waals surface area contributed by atoms with E-state index in [-0.39, 0.29) is 41.2 Å². The van der Waals surface area contributed by atoms with E-state index >= 15 is 0 Å². The van der Waals surface area contributed by atoms with Crippen LogP contribution in [0.1, 0.15) is 39.0 Å². The Labute approximate surface area is 173 Å². The number of nitrogens with one attached hydrogen (secondary N) is 2. The Morgan fingerprint density at radius 2 is 2.04 bits per heavy atom. The zero-order chi connectivity index (χ0) is 17.9. The van der Waals surface area contributed by atoms with Gasteiger partial charge in [-0.25, -0.2) is 0 Å². The van der Waals surface area contributed by atoms with Crippen LogP contribution in [-0.4, -0.2) is 73.9 Å². The number of rotatable bonds is 2. The number of carbonyl (C=O) groups excluding carboxylic acids is 2. The number of amides is 2. The lowest BCUT2D eigenvalue weighted by Gasteiger charge is -2.41. The average molecular weight is 477 g/mol. The van der Waals surface area contributed by atoms with Gasteiger partial charge in [-0.1, -0.05) is 0 Å². The summed E-state index contributed by atoms with van der Waals surface area (Å²) in [5.41, 5.74) is 0.0831. The second-order valence-electron chi connectivity index (χ2n) is 7.86. The van der Waals surface area contributed by atoms with Crippen molar-refractivity contribution in [3.05, 3.63) is 0 Å². The molecule has 2 N–H and O–H groups in total. The molecule has 0 aliphatic carbocycles. The molecular formula is C18H32IN5O2. The largest absolute Gasteiger partial charge is 0.356 e. The Morgan fingerprint density at radius 3 is 2.62 bits per heavy atom. The number of aliphatic imine (C=N–C) groups is 1. The van der Waals surface area contributed by atoms with E-state index in [9.17, 15) is 9.59 Å². The second-order valence-corrected chi connectivity index (χ2v) is 7.86. The summed E-state index contributed by atoms with van der Waals surface area (Å²) in [6, 6.07) is 0. The monoisotopic (exact) mass is 477 g/mol. The summed E-state index contributed by atoms with van der Waals surface area (Å²) in [6.45, 7) is 6.96. The van der Waals surface area contributed by atoms with E-state index in [1.165, 1.54) is 0 Å². The summed E-state index contributed by atoms with van der Waals surface area (Å²) < 4.78 is 0. The summed E-state index contributed by atoms with van der Waals surface area (Å²) in [6.07, 6.45) is 4.96. The zero-order valence-electron chi connectivity index (χ0n) is 15.9. The van der Waals surface area contributed by atoms with Crippen molar-refractivity contribution < 1.29 is 9.59 Å². The van der Waals surface area contributed by atoms with Gasteiger partial charge in [-0.3, -0.25) is 14.6 Å². The highest BCUT2D eigenvalue weighted by Gasteiger charge is 2.42. The fraction of sp³-hybridized carbons (Fsp3) is 0.833. The molecule has 0 aromatic rings. The SMILES string of the molecule is CN=C(NCC1CCN(C(C)=O)CC1)N1CCCC2(CNC(=O)C2)C1.I. The molecule has 3 fully saturated rings. The molecule has 3 aliphatic heterocycles. The molecule has 2 amide bonds. The predicted molar refractivity (Wildman–Crippen MR) is 113 cm³/mol. The molecule has 1 atom stereocenters. The molecule has 0 saturated carbocycles. The Kier molecular flexibility index (Phi) is 7.54. The lowest BCUT2D eigenvalue weighted by molar-refractivity contribution is -0.130. The number of hydrogen-bond donors (Lipinski definition) is 2. The van der Waals surface area contributed by atoms with Crippen molar-refractivity contribution >= 4 is 41.8 Å². The van der Waals surface area contributed by atoms with Gasteiger partial charge in [0.05, 0.1) is 0 Å². The van der Waals surface area contributed by atoms with Crippen molar-refractivity contribution in [2.45, 2.75) is 39.0 Å². The second kappa shape index (κ2) is 9.23. The van der Waals surface area contributed by atoms with E-state index in [1.54, 1.807) is 6.92 Å². The third-order valence-electron chi connectivity index (χ3n) is 5.98. The van der Waals surface area contributed by atoms with Crippen LogP contribution >= 0.6 is 24.0 Å². The van der Waals surface area contributed by atoms with Crippen LogP contribution in [0.5, 0.6) is 0 Å². The van der Waals surface area contributed by atoms with Gasteiger partial charge in [0.25, 0.3) is 0 Å². The van der Waals surface area contributed by atoms with Crippen molar-refractivity contribution in [2.24, 2.45) is 16.3 Å². The molecular weight excluding hydrogens is 445 g/mol. The van der Waals surface area contributed by atoms with Crippen molar-refractivity contribution in [3.63, 3.8) is 0 Å². The molecule has 0 aromatic carbocycles. The van der Waals surface area contributed by atoms with Gasteiger partial charge in [0.1, 0.15) is 0 Å². The Hall–Kier alpha value is -1.06. The van der Waals surface area contributed by atoms with Crippen LogP contribution < -0.4 is 10.6 Å². The number of likely N-dealkylation sites (tertiary alicyclic amines) is 2. The van der Waals surface area contributed by atoms with Crippen LogP contribution in [-0.2, 0) is 9.59 Å². The van der Waals surface area contributed by atoms with Crippen LogP contribution in [0.25, 0.3) is 0 Å². The lowest BCUT2D eigenvalue weighted by atomic mass is 9.79. The Morgan fingerprint density at radius 1 is 1.31 bits per heavy atom. The minimum Gasteiger partial charge on any atom is -0.356 e. The van der Waals surface area contributed by atoms with E-state index in [0.29, 0.717) is 12.3 Å². The molecule has 1 spiro atoms. The molecule has 3 saturated heterocycles. The smallest absolute Gasteiger partial charge is 0.220 e. The highest BCUT2D eigenvalue weighted by atomic mass is 127. The van der Waals surface area contributed by atoms with Crippen molar-refractivity contribution in [1.82, 2.24) is 20.4 Å². The Bertz CT molecular complexity index is 548. The highest BCUT2D eigenvalue weighted by molar-refractivity contribution is 14.0. The maximum atomic E-state index is 11.7. The van der Waals surface area contributed by atoms with E-state index in [2.05, 4.69) is 20.5 Å². The van der Waals surface area contributed by atoms with Crippen molar-refractivity contribution in [3.8, 4) is 0 Å². The van der Waals surface area contributed by atoms with Gasteiger partial charge < -0.3 is 20.4 Å². The van der Waals surface area contributed by atoms with Crippen LogP contribution in [0.15, 0.2) is 4.99 Å². The normalized spacial score (nSPS) is 27.3. The van der Waals surface area contributed by atoms with Crippen LogP contribution in [0, 0.1) is 11.3 Å². The van der Waals surface area contributed by atoms with Gasteiger partial charge in [-0.05, 0) is 31.6 Å². The van der Waals surface area contributed by atoms with E-state index in [1.807, 2.05) is 11.9 Å². The van der Waals surface area contributed by atoms with Crippen LogP contribution in [0.2, 0.25) is 0 Å². The molecule has 0 radical (unpaired) electrons. The zero-order valence-corrected chi connectivity index (χ0v) is 18.3. The van der Waals surface area contributed by atoms with E-state index in [4.69, 9.17) is 0 Å². The van der Waals surface area contributed by atoms with Gasteiger partial charge in [-0.15, -0.1) is 24.0 Å². The maximum absolute atomic E-state index is 11.7. The van der Waals surface area contributed by atoms with Gasteiger partial charge in [0, 0.05) is 65.1 Å². The fourth-order valence-corrected chi connectivity index (χ4v) is 4.45. The first-order valence-electron chi connectivity index (χ1n) is 9.49. The average Bonchev–Trinajstić information content (AvgIpc) is 2.96. The number of piperidine rings is 2. The van der Waals surface area contributed by atoms with Gasteiger partial charge in [0.2, 0.25) is 11.8 Å². The van der Waals surface area contributed by atoms with Crippen LogP contribution in [0.4, 0.5) is 0 Å². The van der Waals surface area contributed by atoms with Crippen molar-refractivity contribution in [1.29, 1.82) is 0 Å². The standard InChI is InChI=1S/C18H31N5O2.HI/c1-14(24)22-8-4-15(5-9-22)11-20-17(19-2)23-7-3-6-18(13-23)10-16(25)21-12-18;/h15H,3-13H2,1-2H3,(H,19,20)(H,21,25);1H. The summed E-state index contributed by atoms with van der Waals surface area (Å²) in [5, 5.41) is 6.53. The summed E-state index contributed by atoms with van der Waals surface area (Å²) in [7, 11) is 1.83. The highest BCUT2D eigenvalue weighted by Crippen LogP contribution is 2.36. The molecule has 26 heavy (non-hydrogen) atoms. The number of guanidine groups is 1.